The maximum Gasteiger partial charge on any atom is 0.148 e. The third kappa shape index (κ3) is 2.52. The average molecular weight is 207 g/mol. The normalized spacial score (nSPS) is 26.5. The van der Waals surface area contributed by atoms with E-state index < -0.39 is 0 Å². The van der Waals surface area contributed by atoms with Gasteiger partial charge in [0.2, 0.25) is 0 Å². The molecule has 0 radical (unpaired) electrons. The van der Waals surface area contributed by atoms with Crippen LogP contribution in [0.4, 0.5) is 5.82 Å². The molecule has 2 unspecified atom stereocenters. The Kier molecular flexibility index (Phi) is 3.29. The summed E-state index contributed by atoms with van der Waals surface area (Å²) in [5.74, 6) is 1.86. The Morgan fingerprint density at radius 2 is 2.27 bits per heavy atom. The third-order valence-corrected chi connectivity index (χ3v) is 3.48. The van der Waals surface area contributed by atoms with Gasteiger partial charge >= 0.3 is 0 Å². The molecule has 0 aromatic carbocycles. The van der Waals surface area contributed by atoms with Crippen LogP contribution in [0.15, 0.2) is 12.3 Å². The van der Waals surface area contributed by atoms with Gasteiger partial charge in [-0.1, -0.05) is 26.2 Å². The molecular formula is C12H21N3. The number of nitrogens with zero attached hydrogens (tertiary/aromatic N) is 2. The summed E-state index contributed by atoms with van der Waals surface area (Å²) in [6.07, 6.45) is 8.71. The molecule has 0 saturated heterocycles. The lowest BCUT2D eigenvalue weighted by Gasteiger charge is -2.31. The number of aromatic nitrogens is 2. The molecule has 2 rings (SSSR count). The van der Waals surface area contributed by atoms with Gasteiger partial charge in [-0.15, -0.1) is 0 Å². The number of hydrogen-bond acceptors (Lipinski definition) is 2. The van der Waals surface area contributed by atoms with Crippen LogP contribution in [0.2, 0.25) is 0 Å². The summed E-state index contributed by atoms with van der Waals surface area (Å²) >= 11 is 0. The summed E-state index contributed by atoms with van der Waals surface area (Å²) in [5, 5.41) is 7.95. The minimum Gasteiger partial charge on any atom is -0.366 e. The maximum absolute atomic E-state index is 4.38. The highest BCUT2D eigenvalue weighted by Crippen LogP contribution is 2.28. The number of hydrogen-bond donors (Lipinski definition) is 1. The average Bonchev–Trinajstić information content (AvgIpc) is 2.65. The molecular weight excluding hydrogens is 186 g/mol. The van der Waals surface area contributed by atoms with Crippen LogP contribution in [0.25, 0.3) is 0 Å². The molecule has 3 heteroatoms. The van der Waals surface area contributed by atoms with E-state index in [9.17, 15) is 0 Å². The van der Waals surface area contributed by atoms with Crippen LogP contribution in [0.1, 0.15) is 39.0 Å². The molecule has 3 nitrogen and oxygen atoms in total. The third-order valence-electron chi connectivity index (χ3n) is 3.48. The van der Waals surface area contributed by atoms with E-state index in [0.29, 0.717) is 6.04 Å². The highest BCUT2D eigenvalue weighted by molar-refractivity contribution is 5.33. The highest BCUT2D eigenvalue weighted by Gasteiger charge is 2.23. The van der Waals surface area contributed by atoms with E-state index in [1.54, 1.807) is 0 Å². The Labute approximate surface area is 91.9 Å². The van der Waals surface area contributed by atoms with Crippen molar-refractivity contribution in [3.05, 3.63) is 12.3 Å². The van der Waals surface area contributed by atoms with Crippen LogP contribution in [0.5, 0.6) is 0 Å². The largest absolute Gasteiger partial charge is 0.366 e. The van der Waals surface area contributed by atoms with E-state index >= 15 is 0 Å². The molecule has 1 aromatic rings. The summed E-state index contributed by atoms with van der Waals surface area (Å²) in [5.41, 5.74) is 0. The van der Waals surface area contributed by atoms with E-state index in [1.165, 1.54) is 32.1 Å². The molecule has 0 aliphatic heterocycles. The fourth-order valence-corrected chi connectivity index (χ4v) is 2.57. The lowest BCUT2D eigenvalue weighted by atomic mass is 9.83. The van der Waals surface area contributed by atoms with E-state index in [2.05, 4.69) is 23.4 Å². The van der Waals surface area contributed by atoms with Gasteiger partial charge in [0.25, 0.3) is 0 Å². The Morgan fingerprint density at radius 1 is 1.47 bits per heavy atom. The Hall–Kier alpha value is -0.990. The number of anilines is 1. The summed E-state index contributed by atoms with van der Waals surface area (Å²) in [7, 11) is 1.96. The van der Waals surface area contributed by atoms with Gasteiger partial charge in [-0.25, -0.2) is 0 Å². The van der Waals surface area contributed by atoms with Gasteiger partial charge in [-0.3, -0.25) is 4.68 Å². The van der Waals surface area contributed by atoms with Crippen molar-refractivity contribution in [2.45, 2.75) is 45.1 Å². The monoisotopic (exact) mass is 207 g/mol. The van der Waals surface area contributed by atoms with Crippen LogP contribution < -0.4 is 5.32 Å². The zero-order valence-electron chi connectivity index (χ0n) is 9.74. The van der Waals surface area contributed by atoms with E-state index in [4.69, 9.17) is 0 Å². The van der Waals surface area contributed by atoms with Crippen molar-refractivity contribution in [2.75, 3.05) is 5.32 Å². The van der Waals surface area contributed by atoms with Crippen molar-refractivity contribution in [3.8, 4) is 0 Å². The van der Waals surface area contributed by atoms with Crippen LogP contribution in [0.3, 0.4) is 0 Å². The second-order valence-electron chi connectivity index (χ2n) is 4.58. The van der Waals surface area contributed by atoms with Crippen molar-refractivity contribution in [3.63, 3.8) is 0 Å². The molecule has 1 saturated carbocycles. The second-order valence-corrected chi connectivity index (χ2v) is 4.58. The summed E-state index contributed by atoms with van der Waals surface area (Å²) in [4.78, 5) is 0. The zero-order valence-corrected chi connectivity index (χ0v) is 9.74. The van der Waals surface area contributed by atoms with Crippen LogP contribution in [0, 0.1) is 5.92 Å². The van der Waals surface area contributed by atoms with Gasteiger partial charge in [0.15, 0.2) is 0 Å². The highest BCUT2D eigenvalue weighted by atomic mass is 15.3. The zero-order chi connectivity index (χ0) is 10.7. The first-order valence-electron chi connectivity index (χ1n) is 6.05. The second kappa shape index (κ2) is 4.69. The van der Waals surface area contributed by atoms with E-state index in [0.717, 1.165) is 11.7 Å². The quantitative estimate of drug-likeness (QED) is 0.826. The first-order valence-corrected chi connectivity index (χ1v) is 6.05. The van der Waals surface area contributed by atoms with Gasteiger partial charge in [0.1, 0.15) is 5.82 Å². The predicted molar refractivity (Wildman–Crippen MR) is 62.9 cm³/mol. The van der Waals surface area contributed by atoms with Gasteiger partial charge < -0.3 is 5.32 Å². The Balaban J connectivity index is 1.97. The summed E-state index contributed by atoms with van der Waals surface area (Å²) in [6.45, 7) is 2.29. The minimum atomic E-state index is 0.638. The SMILES string of the molecule is CCC1CCCCC1Nc1ccn(C)n1. The molecule has 1 aliphatic carbocycles. The lowest BCUT2D eigenvalue weighted by molar-refractivity contribution is 0.316. The molecule has 0 bridgehead atoms. The first kappa shape index (κ1) is 10.5. The van der Waals surface area contributed by atoms with Crippen molar-refractivity contribution in [1.29, 1.82) is 0 Å². The van der Waals surface area contributed by atoms with Crippen LogP contribution in [-0.2, 0) is 7.05 Å². The summed E-state index contributed by atoms with van der Waals surface area (Å²) in [6, 6.07) is 2.69. The van der Waals surface area contributed by atoms with Crippen LogP contribution in [-0.4, -0.2) is 15.8 Å². The molecule has 1 aliphatic rings. The molecule has 0 amide bonds. The Bertz CT molecular complexity index is 306. The van der Waals surface area contributed by atoms with Crippen molar-refractivity contribution in [2.24, 2.45) is 13.0 Å². The van der Waals surface area contributed by atoms with Crippen molar-refractivity contribution >= 4 is 5.82 Å². The van der Waals surface area contributed by atoms with Crippen molar-refractivity contribution < 1.29 is 0 Å². The summed E-state index contributed by atoms with van der Waals surface area (Å²) < 4.78 is 1.85. The first-order chi connectivity index (χ1) is 7.29. The molecule has 1 N–H and O–H groups in total. The van der Waals surface area contributed by atoms with Gasteiger partial charge in [0.05, 0.1) is 0 Å². The Morgan fingerprint density at radius 3 is 2.93 bits per heavy atom. The molecule has 1 aromatic heterocycles. The minimum absolute atomic E-state index is 0.638. The molecule has 15 heavy (non-hydrogen) atoms. The molecule has 84 valence electrons. The molecule has 0 spiro atoms. The lowest BCUT2D eigenvalue weighted by Crippen LogP contribution is -2.31. The van der Waals surface area contributed by atoms with Crippen molar-refractivity contribution in [1.82, 2.24) is 9.78 Å². The molecule has 2 atom stereocenters. The molecule has 1 fully saturated rings. The topological polar surface area (TPSA) is 29.9 Å². The predicted octanol–water partition coefficient (Wildman–Crippen LogP) is 2.80. The van der Waals surface area contributed by atoms with Gasteiger partial charge in [-0.05, 0) is 18.8 Å². The van der Waals surface area contributed by atoms with Gasteiger partial charge in [0, 0.05) is 25.4 Å². The van der Waals surface area contributed by atoms with E-state index in [1.807, 2.05) is 17.9 Å². The smallest absolute Gasteiger partial charge is 0.148 e. The number of nitrogens with one attached hydrogen (secondary N) is 1. The van der Waals surface area contributed by atoms with Gasteiger partial charge in [-0.2, -0.15) is 5.10 Å². The number of aryl methyl sites for hydroxylation is 1. The molecule has 1 heterocycles. The number of rotatable bonds is 3. The standard InChI is InChI=1S/C12H21N3/c1-3-10-6-4-5-7-11(10)13-12-8-9-15(2)14-12/h8-11H,3-7H2,1-2H3,(H,13,14). The maximum atomic E-state index is 4.38. The fourth-order valence-electron chi connectivity index (χ4n) is 2.57. The van der Waals surface area contributed by atoms with Crippen LogP contribution >= 0.6 is 0 Å². The van der Waals surface area contributed by atoms with E-state index in [-0.39, 0.29) is 0 Å². The fraction of sp³-hybridized carbons (Fsp3) is 0.750.